The molecule has 1 N–H and O–H groups in total. The number of ether oxygens (including phenoxy) is 2. The summed E-state index contributed by atoms with van der Waals surface area (Å²) in [5.74, 6) is 1.18. The average molecular weight is 511 g/mol. The summed E-state index contributed by atoms with van der Waals surface area (Å²) < 4.78 is 45.7. The van der Waals surface area contributed by atoms with Crippen LogP contribution in [0.5, 0.6) is 11.6 Å². The molecule has 0 unspecified atom stereocenters. The minimum absolute atomic E-state index is 0.0863. The molecule has 0 radical (unpaired) electrons. The highest BCUT2D eigenvalue weighted by molar-refractivity contribution is 7.93. The van der Waals surface area contributed by atoms with E-state index >= 15 is 0 Å². The highest BCUT2D eigenvalue weighted by Gasteiger charge is 2.56. The Kier molecular flexibility index (Phi) is 5.05. The number of pyridine rings is 1. The quantitative estimate of drug-likeness (QED) is 0.534. The van der Waals surface area contributed by atoms with Crippen LogP contribution in [-0.2, 0) is 26.7 Å². The zero-order chi connectivity index (χ0) is 25.2. The number of methoxy groups -OCH3 is 2. The third-order valence-electron chi connectivity index (χ3n) is 7.65. The number of nitrogens with zero attached hydrogens (tertiary/aromatic N) is 3. The van der Waals surface area contributed by atoms with Crippen LogP contribution < -0.4 is 19.1 Å². The topological polar surface area (TPSA) is 124 Å². The number of hydrogen-bond acceptors (Lipinski definition) is 8. The van der Waals surface area contributed by atoms with Crippen molar-refractivity contribution >= 4 is 27.4 Å². The fraction of sp³-hybridized carbons (Fsp3) is 0.400. The maximum atomic E-state index is 13.5. The minimum Gasteiger partial charge on any atom is -0.495 e. The Bertz CT molecular complexity index is 1480. The summed E-state index contributed by atoms with van der Waals surface area (Å²) in [6, 6.07) is 7.51. The Morgan fingerprint density at radius 2 is 2.03 bits per heavy atom. The van der Waals surface area contributed by atoms with Gasteiger partial charge >= 0.3 is 0 Å². The van der Waals surface area contributed by atoms with Crippen molar-refractivity contribution in [3.8, 4) is 23.0 Å². The lowest BCUT2D eigenvalue weighted by Crippen LogP contribution is -2.25. The zero-order valence-corrected chi connectivity index (χ0v) is 21.0. The van der Waals surface area contributed by atoms with Crippen LogP contribution in [0.1, 0.15) is 37.3 Å². The predicted octanol–water partition coefficient (Wildman–Crippen LogP) is 3.52. The van der Waals surface area contributed by atoms with Gasteiger partial charge in [-0.1, -0.05) is 18.1 Å². The van der Waals surface area contributed by atoms with E-state index in [1.807, 2.05) is 12.1 Å². The van der Waals surface area contributed by atoms with Gasteiger partial charge in [-0.3, -0.25) is 9.52 Å². The smallest absolute Gasteiger partial charge is 0.272 e. The van der Waals surface area contributed by atoms with Crippen LogP contribution >= 0.6 is 0 Å². The van der Waals surface area contributed by atoms with Crippen molar-refractivity contribution in [3.63, 3.8) is 0 Å². The second-order valence-electron chi connectivity index (χ2n) is 9.61. The Morgan fingerprint density at radius 1 is 1.22 bits per heavy atom. The monoisotopic (exact) mass is 510 g/mol. The van der Waals surface area contributed by atoms with Gasteiger partial charge in [0.2, 0.25) is 11.8 Å². The van der Waals surface area contributed by atoms with Crippen molar-refractivity contribution in [1.29, 1.82) is 0 Å². The number of sulfonamides is 1. The fourth-order valence-corrected chi connectivity index (χ4v) is 6.97. The average Bonchev–Trinajstić information content (AvgIpc) is 3.16. The standard InChI is InChI=1S/C25H26N4O6S/c1-14-12-25(14)13-17-21(16-11-15(6-7-18(16)25)29-10-4-5-20(29)30)35-27-23(17)28-36(31,32)22-19(33-2)8-9-26-24(22)34-3/h6-9,11,14H,4-5,10,12-13H2,1-3H3,(H,27,28)/t14-,25+/m0/s1. The van der Waals surface area contributed by atoms with Crippen molar-refractivity contribution in [2.75, 3.05) is 30.4 Å². The number of benzene rings is 1. The molecule has 1 aliphatic heterocycles. The lowest BCUT2D eigenvalue weighted by atomic mass is 9.78. The molecule has 2 aromatic heterocycles. The van der Waals surface area contributed by atoms with Crippen LogP contribution in [-0.4, -0.2) is 45.2 Å². The van der Waals surface area contributed by atoms with E-state index in [0.29, 0.717) is 36.6 Å². The molecule has 1 amide bonds. The maximum absolute atomic E-state index is 13.5. The summed E-state index contributed by atoms with van der Waals surface area (Å²) in [4.78, 5) is 18.0. The number of anilines is 2. The zero-order valence-electron chi connectivity index (χ0n) is 20.2. The van der Waals surface area contributed by atoms with Crippen molar-refractivity contribution in [3.05, 3.63) is 41.6 Å². The normalized spacial score (nSPS) is 22.4. The number of amides is 1. The van der Waals surface area contributed by atoms with Crippen LogP contribution in [0.15, 0.2) is 39.9 Å². The van der Waals surface area contributed by atoms with Crippen LogP contribution in [0.2, 0.25) is 0 Å². The van der Waals surface area contributed by atoms with Gasteiger partial charge in [-0.15, -0.1) is 0 Å². The first-order valence-electron chi connectivity index (χ1n) is 11.8. The van der Waals surface area contributed by atoms with E-state index in [1.165, 1.54) is 26.5 Å². The van der Waals surface area contributed by atoms with Gasteiger partial charge < -0.3 is 18.9 Å². The number of rotatable bonds is 6. The molecule has 3 aliphatic rings. The second-order valence-corrected chi connectivity index (χ2v) is 11.2. The van der Waals surface area contributed by atoms with E-state index < -0.39 is 10.0 Å². The molecule has 1 saturated heterocycles. The van der Waals surface area contributed by atoms with Gasteiger partial charge in [0.1, 0.15) is 5.75 Å². The van der Waals surface area contributed by atoms with E-state index in [9.17, 15) is 13.2 Å². The summed E-state index contributed by atoms with van der Waals surface area (Å²) in [6.07, 6.45) is 4.35. The molecule has 2 aliphatic carbocycles. The third kappa shape index (κ3) is 3.29. The lowest BCUT2D eigenvalue weighted by molar-refractivity contribution is -0.117. The Labute approximate surface area is 208 Å². The fourth-order valence-electron chi connectivity index (χ4n) is 5.67. The SMILES string of the molecule is COc1ccnc(OC)c1S(=O)(=O)Nc1noc2c1C[C@@]1(C[C@@H]1C)c1ccc(N3CCCC3=O)cc1-2. The van der Waals surface area contributed by atoms with Crippen molar-refractivity contribution in [1.82, 2.24) is 10.1 Å². The molecule has 3 heterocycles. The van der Waals surface area contributed by atoms with Gasteiger partial charge in [-0.2, -0.15) is 0 Å². The third-order valence-corrected chi connectivity index (χ3v) is 9.03. The number of carbonyl (C=O) groups is 1. The maximum Gasteiger partial charge on any atom is 0.272 e. The van der Waals surface area contributed by atoms with Crippen LogP contribution in [0.3, 0.4) is 0 Å². The number of carbonyl (C=O) groups excluding carboxylic acids is 1. The first-order valence-corrected chi connectivity index (χ1v) is 13.3. The molecule has 1 saturated carbocycles. The van der Waals surface area contributed by atoms with Crippen LogP contribution in [0, 0.1) is 5.92 Å². The lowest BCUT2D eigenvalue weighted by Gasteiger charge is -2.27. The number of aromatic nitrogens is 2. The Hall–Kier alpha value is -3.60. The van der Waals surface area contributed by atoms with E-state index in [1.54, 1.807) is 4.90 Å². The van der Waals surface area contributed by atoms with Gasteiger partial charge in [-0.05, 0) is 42.9 Å². The van der Waals surface area contributed by atoms with E-state index in [0.717, 1.165) is 29.7 Å². The molecule has 6 rings (SSSR count). The summed E-state index contributed by atoms with van der Waals surface area (Å²) in [5, 5.41) is 4.13. The first kappa shape index (κ1) is 22.8. The van der Waals surface area contributed by atoms with E-state index in [2.05, 4.69) is 27.9 Å². The van der Waals surface area contributed by atoms with Gasteiger partial charge in [0.15, 0.2) is 16.5 Å². The molecule has 1 spiro atoms. The Balaban J connectivity index is 1.44. The number of hydrogen-bond donors (Lipinski definition) is 1. The van der Waals surface area contributed by atoms with Gasteiger partial charge in [0.25, 0.3) is 10.0 Å². The summed E-state index contributed by atoms with van der Waals surface area (Å²) in [6.45, 7) is 2.87. The molecular formula is C25H26N4O6S. The summed E-state index contributed by atoms with van der Waals surface area (Å²) in [5.41, 5.74) is 3.40. The molecular weight excluding hydrogens is 484 g/mol. The molecule has 11 heteroatoms. The molecule has 2 atom stereocenters. The molecule has 2 fully saturated rings. The van der Waals surface area contributed by atoms with Crippen molar-refractivity contribution in [2.45, 2.75) is 42.9 Å². The van der Waals surface area contributed by atoms with Gasteiger partial charge in [0, 0.05) is 47.5 Å². The number of fused-ring (bicyclic) bond motifs is 4. The van der Waals surface area contributed by atoms with E-state index in [-0.39, 0.29) is 33.7 Å². The summed E-state index contributed by atoms with van der Waals surface area (Å²) >= 11 is 0. The summed E-state index contributed by atoms with van der Waals surface area (Å²) in [7, 11) is -1.45. The van der Waals surface area contributed by atoms with Crippen LogP contribution in [0.25, 0.3) is 11.3 Å². The van der Waals surface area contributed by atoms with Gasteiger partial charge in [0.05, 0.1) is 14.2 Å². The van der Waals surface area contributed by atoms with Crippen molar-refractivity contribution in [2.24, 2.45) is 5.92 Å². The molecule has 36 heavy (non-hydrogen) atoms. The molecule has 188 valence electrons. The van der Waals surface area contributed by atoms with Crippen LogP contribution in [0.4, 0.5) is 11.5 Å². The highest BCUT2D eigenvalue weighted by Crippen LogP contribution is 2.62. The Morgan fingerprint density at radius 3 is 2.69 bits per heavy atom. The molecule has 10 nitrogen and oxygen atoms in total. The predicted molar refractivity (Wildman–Crippen MR) is 131 cm³/mol. The number of nitrogens with one attached hydrogen (secondary N) is 1. The van der Waals surface area contributed by atoms with E-state index in [4.69, 9.17) is 14.0 Å². The van der Waals surface area contributed by atoms with Gasteiger partial charge in [-0.25, -0.2) is 13.4 Å². The highest BCUT2D eigenvalue weighted by atomic mass is 32.2. The molecule has 0 bridgehead atoms. The molecule has 3 aromatic rings. The minimum atomic E-state index is -4.18. The molecule has 1 aromatic carbocycles. The first-order chi connectivity index (χ1) is 17.3. The van der Waals surface area contributed by atoms with Crippen molar-refractivity contribution < 1.29 is 27.2 Å². The largest absolute Gasteiger partial charge is 0.495 e. The second kappa shape index (κ2) is 7.95.